The quantitative estimate of drug-likeness (QED) is 0.167. The van der Waals surface area contributed by atoms with Gasteiger partial charge in [-0.05, 0) is 76.9 Å². The maximum atomic E-state index is 6.63. The molecule has 0 atom stereocenters. The minimum Gasteiger partial charge on any atom is -0.456 e. The van der Waals surface area contributed by atoms with Crippen LogP contribution in [-0.2, 0) is 0 Å². The van der Waals surface area contributed by atoms with Gasteiger partial charge in [0.25, 0.3) is 0 Å². The van der Waals surface area contributed by atoms with Crippen molar-refractivity contribution >= 4 is 49.9 Å². The Morgan fingerprint density at radius 3 is 1.78 bits per heavy atom. The molecular formula is C50H33N3O. The summed E-state index contributed by atoms with van der Waals surface area (Å²) in [6, 6.07) is 69.6. The fourth-order valence-corrected chi connectivity index (χ4v) is 7.50. The Hall–Kier alpha value is -7.30. The van der Waals surface area contributed by atoms with Gasteiger partial charge in [-0.3, -0.25) is 0 Å². The Bertz CT molecular complexity index is 2920. The van der Waals surface area contributed by atoms with Crippen LogP contribution in [0.1, 0.15) is 0 Å². The summed E-state index contributed by atoms with van der Waals surface area (Å²) in [4.78, 5) is 12.4. The summed E-state index contributed by atoms with van der Waals surface area (Å²) < 4.78 is 6.63. The molecular weight excluding hydrogens is 659 g/mol. The first-order valence-corrected chi connectivity index (χ1v) is 18.2. The van der Waals surface area contributed by atoms with Crippen molar-refractivity contribution < 1.29 is 4.42 Å². The maximum absolute atomic E-state index is 6.63. The molecule has 0 saturated carbocycles. The van der Waals surface area contributed by atoms with Crippen molar-refractivity contribution in [3.05, 3.63) is 200 Å². The lowest BCUT2D eigenvalue weighted by Gasteiger charge is -2.25. The van der Waals surface area contributed by atoms with E-state index in [4.69, 9.17) is 14.4 Å². The van der Waals surface area contributed by atoms with Crippen LogP contribution in [0.15, 0.2) is 205 Å². The zero-order valence-electron chi connectivity index (χ0n) is 29.3. The number of nitrogens with zero attached hydrogens (tertiary/aromatic N) is 3. The predicted octanol–water partition coefficient (Wildman–Crippen LogP) is 13.7. The van der Waals surface area contributed by atoms with Gasteiger partial charge in [-0.25, -0.2) is 9.97 Å². The highest BCUT2D eigenvalue weighted by atomic mass is 16.3. The molecule has 0 N–H and O–H groups in total. The van der Waals surface area contributed by atoms with Gasteiger partial charge in [0.05, 0.1) is 11.2 Å². The normalized spacial score (nSPS) is 11.3. The maximum Gasteiger partial charge on any atom is 0.160 e. The number of para-hydroxylation sites is 2. The van der Waals surface area contributed by atoms with Gasteiger partial charge in [0.15, 0.2) is 5.82 Å². The Kier molecular flexibility index (Phi) is 7.77. The number of aromatic nitrogens is 2. The molecule has 54 heavy (non-hydrogen) atoms. The third-order valence-electron chi connectivity index (χ3n) is 10.1. The number of furan rings is 1. The molecule has 0 amide bonds. The van der Waals surface area contributed by atoms with Gasteiger partial charge in [0.2, 0.25) is 0 Å². The fraction of sp³-hybridized carbons (Fsp3) is 0. The van der Waals surface area contributed by atoms with Crippen LogP contribution in [0, 0.1) is 0 Å². The number of anilines is 3. The molecule has 254 valence electrons. The van der Waals surface area contributed by atoms with Crippen LogP contribution >= 0.6 is 0 Å². The molecule has 2 aromatic heterocycles. The van der Waals surface area contributed by atoms with E-state index >= 15 is 0 Å². The molecule has 10 rings (SSSR count). The number of fused-ring (bicyclic) bond motifs is 4. The second-order valence-electron chi connectivity index (χ2n) is 13.4. The van der Waals surface area contributed by atoms with Gasteiger partial charge >= 0.3 is 0 Å². The highest BCUT2D eigenvalue weighted by Gasteiger charge is 2.18. The lowest BCUT2D eigenvalue weighted by atomic mass is 9.97. The average molecular weight is 692 g/mol. The van der Waals surface area contributed by atoms with E-state index in [1.165, 1.54) is 11.1 Å². The van der Waals surface area contributed by atoms with E-state index in [9.17, 15) is 0 Å². The number of rotatable bonds is 7. The topological polar surface area (TPSA) is 42.2 Å². The summed E-state index contributed by atoms with van der Waals surface area (Å²) in [5.74, 6) is 0.695. The van der Waals surface area contributed by atoms with E-state index in [-0.39, 0.29) is 0 Å². The van der Waals surface area contributed by atoms with Crippen LogP contribution in [0.2, 0.25) is 0 Å². The third-order valence-corrected chi connectivity index (χ3v) is 10.1. The molecule has 0 aliphatic rings. The molecule has 0 unspecified atom stereocenters. The molecule has 0 saturated heterocycles. The van der Waals surface area contributed by atoms with Crippen LogP contribution < -0.4 is 4.90 Å². The molecule has 10 aromatic rings. The summed E-state index contributed by atoms with van der Waals surface area (Å²) >= 11 is 0. The first kappa shape index (κ1) is 31.4. The standard InChI is InChI=1S/C50H33N3O/c1-4-14-34(15-5-1)35-26-28-40(29-27-35)53(39-20-8-3-9-21-39)41-30-31-44-47(33-41)54-46-25-13-23-42(48(44)46)37-18-12-19-38(32-37)50-51-45-24-11-10-22-43(45)49(52-50)36-16-6-2-7-17-36/h1-33H. The van der Waals surface area contributed by atoms with E-state index < -0.39 is 0 Å². The average Bonchev–Trinajstić information content (AvgIpc) is 3.63. The lowest BCUT2D eigenvalue weighted by molar-refractivity contribution is 0.669. The fourth-order valence-electron chi connectivity index (χ4n) is 7.50. The molecule has 4 heteroatoms. The van der Waals surface area contributed by atoms with Crippen molar-refractivity contribution in [3.63, 3.8) is 0 Å². The van der Waals surface area contributed by atoms with Gasteiger partial charge < -0.3 is 9.32 Å². The molecule has 0 radical (unpaired) electrons. The third kappa shape index (κ3) is 5.67. The van der Waals surface area contributed by atoms with Crippen LogP contribution in [0.5, 0.6) is 0 Å². The van der Waals surface area contributed by atoms with Gasteiger partial charge in [-0.2, -0.15) is 0 Å². The van der Waals surface area contributed by atoms with Crippen LogP contribution in [0.3, 0.4) is 0 Å². The summed E-state index contributed by atoms with van der Waals surface area (Å²) in [6.45, 7) is 0. The molecule has 0 aliphatic heterocycles. The van der Waals surface area contributed by atoms with Gasteiger partial charge in [-0.15, -0.1) is 0 Å². The summed E-state index contributed by atoms with van der Waals surface area (Å²) in [5.41, 5.74) is 13.3. The number of benzene rings is 8. The van der Waals surface area contributed by atoms with Crippen LogP contribution in [0.25, 0.3) is 77.7 Å². The molecule has 0 bridgehead atoms. The van der Waals surface area contributed by atoms with E-state index in [1.807, 2.05) is 42.5 Å². The first-order valence-electron chi connectivity index (χ1n) is 18.2. The largest absolute Gasteiger partial charge is 0.456 e. The van der Waals surface area contributed by atoms with Crippen molar-refractivity contribution in [1.82, 2.24) is 9.97 Å². The highest BCUT2D eigenvalue weighted by Crippen LogP contribution is 2.42. The van der Waals surface area contributed by atoms with Gasteiger partial charge in [0.1, 0.15) is 11.2 Å². The van der Waals surface area contributed by atoms with E-state index in [2.05, 4.69) is 163 Å². The molecule has 4 nitrogen and oxygen atoms in total. The van der Waals surface area contributed by atoms with Gasteiger partial charge in [0, 0.05) is 50.4 Å². The number of hydrogen-bond acceptors (Lipinski definition) is 4. The summed E-state index contributed by atoms with van der Waals surface area (Å²) in [5, 5.41) is 3.18. The second-order valence-corrected chi connectivity index (χ2v) is 13.4. The van der Waals surface area contributed by atoms with Crippen molar-refractivity contribution in [2.24, 2.45) is 0 Å². The molecule has 0 fully saturated rings. The van der Waals surface area contributed by atoms with Crippen molar-refractivity contribution in [1.29, 1.82) is 0 Å². The van der Waals surface area contributed by atoms with Crippen molar-refractivity contribution in [3.8, 4) is 44.9 Å². The molecule has 0 spiro atoms. The Morgan fingerprint density at radius 2 is 0.981 bits per heavy atom. The molecule has 8 aromatic carbocycles. The summed E-state index contributed by atoms with van der Waals surface area (Å²) in [7, 11) is 0. The highest BCUT2D eigenvalue weighted by molar-refractivity contribution is 6.13. The molecule has 0 aliphatic carbocycles. The van der Waals surface area contributed by atoms with Crippen molar-refractivity contribution in [2.45, 2.75) is 0 Å². The Morgan fingerprint density at radius 1 is 0.370 bits per heavy atom. The second kappa shape index (κ2) is 13.4. The van der Waals surface area contributed by atoms with Crippen molar-refractivity contribution in [2.75, 3.05) is 4.90 Å². The van der Waals surface area contributed by atoms with E-state index in [0.717, 1.165) is 77.9 Å². The first-order chi connectivity index (χ1) is 26.8. The van der Waals surface area contributed by atoms with E-state index in [1.54, 1.807) is 0 Å². The smallest absolute Gasteiger partial charge is 0.160 e. The van der Waals surface area contributed by atoms with Gasteiger partial charge in [-0.1, -0.05) is 140 Å². The zero-order valence-corrected chi connectivity index (χ0v) is 29.3. The lowest BCUT2D eigenvalue weighted by Crippen LogP contribution is -2.09. The zero-order chi connectivity index (χ0) is 35.8. The minimum absolute atomic E-state index is 0.695. The monoisotopic (exact) mass is 691 g/mol. The van der Waals surface area contributed by atoms with Crippen LogP contribution in [0.4, 0.5) is 17.1 Å². The predicted molar refractivity (Wildman–Crippen MR) is 223 cm³/mol. The Balaban J connectivity index is 1.06. The van der Waals surface area contributed by atoms with Crippen LogP contribution in [-0.4, -0.2) is 9.97 Å². The SMILES string of the molecule is c1ccc(-c2ccc(N(c3ccccc3)c3ccc4c(c3)oc3cccc(-c5cccc(-c6nc(-c7ccccc7)c7ccccc7n6)c5)c34)cc2)cc1. The summed E-state index contributed by atoms with van der Waals surface area (Å²) in [6.07, 6.45) is 0. The molecule has 2 heterocycles. The Labute approximate surface area is 313 Å². The van der Waals surface area contributed by atoms with E-state index in [0.29, 0.717) is 5.82 Å². The number of hydrogen-bond donors (Lipinski definition) is 0. The minimum atomic E-state index is 0.695.